The number of alkyl halides is 3. The number of rotatable bonds is 2. The van der Waals surface area contributed by atoms with E-state index in [0.717, 1.165) is 37.8 Å². The molecule has 0 saturated carbocycles. The SMILES string of the molecule is Nc1cc(C(F)(F)F)ccc1N1CCCCCC1CO. The van der Waals surface area contributed by atoms with Crippen LogP contribution in [0, 0.1) is 0 Å². The topological polar surface area (TPSA) is 49.5 Å². The Balaban J connectivity index is 2.31. The van der Waals surface area contributed by atoms with E-state index in [0.29, 0.717) is 12.2 Å². The molecule has 1 atom stereocenters. The van der Waals surface area contributed by atoms with Crippen molar-refractivity contribution in [3.8, 4) is 0 Å². The Labute approximate surface area is 116 Å². The summed E-state index contributed by atoms with van der Waals surface area (Å²) in [6.07, 6.45) is -0.522. The summed E-state index contributed by atoms with van der Waals surface area (Å²) in [5, 5.41) is 9.46. The summed E-state index contributed by atoms with van der Waals surface area (Å²) in [7, 11) is 0. The fraction of sp³-hybridized carbons (Fsp3) is 0.571. The van der Waals surface area contributed by atoms with Gasteiger partial charge in [0.1, 0.15) is 0 Å². The third-order valence-electron chi connectivity index (χ3n) is 3.75. The lowest BCUT2D eigenvalue weighted by molar-refractivity contribution is -0.137. The molecule has 0 spiro atoms. The number of halogens is 3. The number of anilines is 2. The molecule has 0 aliphatic carbocycles. The van der Waals surface area contributed by atoms with Crippen molar-refractivity contribution in [3.63, 3.8) is 0 Å². The van der Waals surface area contributed by atoms with Gasteiger partial charge in [0.15, 0.2) is 0 Å². The Bertz CT molecular complexity index is 462. The van der Waals surface area contributed by atoms with Crippen LogP contribution in [0.4, 0.5) is 24.5 Å². The van der Waals surface area contributed by atoms with Crippen LogP contribution in [0.25, 0.3) is 0 Å². The number of aliphatic hydroxyl groups excluding tert-OH is 1. The first-order valence-corrected chi connectivity index (χ1v) is 6.77. The third kappa shape index (κ3) is 3.17. The van der Waals surface area contributed by atoms with Crippen LogP contribution in [0.5, 0.6) is 0 Å². The summed E-state index contributed by atoms with van der Waals surface area (Å²) in [6.45, 7) is 0.696. The second-order valence-corrected chi connectivity index (χ2v) is 5.15. The van der Waals surface area contributed by atoms with Crippen LogP contribution in [-0.4, -0.2) is 24.3 Å². The highest BCUT2D eigenvalue weighted by atomic mass is 19.4. The van der Waals surface area contributed by atoms with Crippen molar-refractivity contribution in [3.05, 3.63) is 23.8 Å². The molecular formula is C14H19F3N2O. The number of hydrogen-bond donors (Lipinski definition) is 2. The molecule has 2 rings (SSSR count). The van der Waals surface area contributed by atoms with Gasteiger partial charge in [-0.25, -0.2) is 0 Å². The Morgan fingerprint density at radius 2 is 2.00 bits per heavy atom. The largest absolute Gasteiger partial charge is 0.416 e. The second-order valence-electron chi connectivity index (χ2n) is 5.15. The Morgan fingerprint density at radius 3 is 2.60 bits per heavy atom. The molecule has 0 radical (unpaired) electrons. The molecule has 1 saturated heterocycles. The molecule has 1 aromatic carbocycles. The van der Waals surface area contributed by atoms with Gasteiger partial charge in [0.2, 0.25) is 0 Å². The minimum absolute atomic E-state index is 0.0134. The Morgan fingerprint density at radius 1 is 1.25 bits per heavy atom. The van der Waals surface area contributed by atoms with Gasteiger partial charge < -0.3 is 15.7 Å². The Hall–Kier alpha value is -1.43. The lowest BCUT2D eigenvalue weighted by Crippen LogP contribution is -2.38. The molecule has 6 heteroatoms. The van der Waals surface area contributed by atoms with Crippen molar-refractivity contribution in [2.24, 2.45) is 0 Å². The van der Waals surface area contributed by atoms with Crippen LogP contribution in [-0.2, 0) is 6.18 Å². The highest BCUT2D eigenvalue weighted by molar-refractivity contribution is 5.69. The van der Waals surface area contributed by atoms with Crippen molar-refractivity contribution in [1.82, 2.24) is 0 Å². The van der Waals surface area contributed by atoms with E-state index in [-0.39, 0.29) is 18.3 Å². The lowest BCUT2D eigenvalue weighted by atomic mass is 10.1. The third-order valence-corrected chi connectivity index (χ3v) is 3.75. The van der Waals surface area contributed by atoms with Crippen LogP contribution < -0.4 is 10.6 Å². The summed E-state index contributed by atoms with van der Waals surface area (Å²) in [5.41, 5.74) is 5.75. The van der Waals surface area contributed by atoms with E-state index in [4.69, 9.17) is 5.73 Å². The zero-order valence-corrected chi connectivity index (χ0v) is 11.2. The second kappa shape index (κ2) is 5.91. The van der Waals surface area contributed by atoms with Gasteiger partial charge in [0, 0.05) is 6.54 Å². The van der Waals surface area contributed by atoms with E-state index in [2.05, 4.69) is 0 Å². The van der Waals surface area contributed by atoms with Crippen molar-refractivity contribution in [1.29, 1.82) is 0 Å². The molecule has 1 unspecified atom stereocenters. The van der Waals surface area contributed by atoms with Crippen LogP contribution >= 0.6 is 0 Å². The predicted octanol–water partition coefficient (Wildman–Crippen LogP) is 3.03. The van der Waals surface area contributed by atoms with E-state index in [9.17, 15) is 18.3 Å². The highest BCUT2D eigenvalue weighted by Crippen LogP contribution is 2.35. The molecule has 3 N–H and O–H groups in total. The van der Waals surface area contributed by atoms with Crippen molar-refractivity contribution in [2.75, 3.05) is 23.8 Å². The number of benzene rings is 1. The number of nitrogens with zero attached hydrogens (tertiary/aromatic N) is 1. The average Bonchev–Trinajstić information content (AvgIpc) is 2.62. The lowest BCUT2D eigenvalue weighted by Gasteiger charge is -2.32. The molecule has 112 valence electrons. The normalized spacial score (nSPS) is 20.8. The van der Waals surface area contributed by atoms with Crippen molar-refractivity contribution in [2.45, 2.75) is 37.9 Å². The van der Waals surface area contributed by atoms with Gasteiger partial charge in [-0.05, 0) is 31.0 Å². The molecule has 0 amide bonds. The molecule has 0 bridgehead atoms. The maximum atomic E-state index is 12.6. The maximum absolute atomic E-state index is 12.6. The quantitative estimate of drug-likeness (QED) is 0.822. The smallest absolute Gasteiger partial charge is 0.397 e. The van der Waals surface area contributed by atoms with Crippen LogP contribution in [0.15, 0.2) is 18.2 Å². The molecule has 1 aliphatic heterocycles. The first kappa shape index (κ1) is 15.0. The summed E-state index contributed by atoms with van der Waals surface area (Å²) >= 11 is 0. The minimum atomic E-state index is -4.39. The van der Waals surface area contributed by atoms with Gasteiger partial charge in [0.25, 0.3) is 0 Å². The predicted molar refractivity (Wildman–Crippen MR) is 72.5 cm³/mol. The van der Waals surface area contributed by atoms with Gasteiger partial charge >= 0.3 is 6.18 Å². The molecular weight excluding hydrogens is 269 g/mol. The van der Waals surface area contributed by atoms with E-state index < -0.39 is 11.7 Å². The number of nitrogen functional groups attached to an aromatic ring is 1. The summed E-state index contributed by atoms with van der Waals surface area (Å²) in [6, 6.07) is 3.35. The number of hydrogen-bond acceptors (Lipinski definition) is 3. The van der Waals surface area contributed by atoms with Gasteiger partial charge in [-0.15, -0.1) is 0 Å². The molecule has 1 aromatic rings. The standard InChI is InChI=1S/C14H19F3N2O/c15-14(16,17)10-5-6-13(12(18)8-10)19-7-3-1-2-4-11(19)9-20/h5-6,8,11,20H,1-4,7,9,18H2. The molecule has 1 aliphatic rings. The molecule has 1 heterocycles. The van der Waals surface area contributed by atoms with E-state index in [1.54, 1.807) is 0 Å². The van der Waals surface area contributed by atoms with Gasteiger partial charge in [-0.3, -0.25) is 0 Å². The number of nitrogens with two attached hydrogens (primary N) is 1. The van der Waals surface area contributed by atoms with Crippen LogP contribution in [0.2, 0.25) is 0 Å². The van der Waals surface area contributed by atoms with Crippen LogP contribution in [0.1, 0.15) is 31.2 Å². The Kier molecular flexibility index (Phi) is 4.42. The van der Waals surface area contributed by atoms with Crippen molar-refractivity contribution < 1.29 is 18.3 Å². The molecule has 1 fully saturated rings. The first-order chi connectivity index (χ1) is 9.43. The zero-order chi connectivity index (χ0) is 14.8. The summed E-state index contributed by atoms with van der Waals surface area (Å²) < 4.78 is 37.9. The van der Waals surface area contributed by atoms with Gasteiger partial charge in [-0.1, -0.05) is 12.8 Å². The van der Waals surface area contributed by atoms with Gasteiger partial charge in [0.05, 0.1) is 29.6 Å². The molecule has 3 nitrogen and oxygen atoms in total. The monoisotopic (exact) mass is 288 g/mol. The fourth-order valence-corrected chi connectivity index (χ4v) is 2.68. The maximum Gasteiger partial charge on any atom is 0.416 e. The highest BCUT2D eigenvalue weighted by Gasteiger charge is 2.31. The summed E-state index contributed by atoms with van der Waals surface area (Å²) in [5.74, 6) is 0. The molecule has 0 aromatic heterocycles. The van der Waals surface area contributed by atoms with E-state index in [1.165, 1.54) is 6.07 Å². The molecule has 20 heavy (non-hydrogen) atoms. The average molecular weight is 288 g/mol. The number of aliphatic hydroxyl groups is 1. The first-order valence-electron chi connectivity index (χ1n) is 6.77. The fourth-order valence-electron chi connectivity index (χ4n) is 2.68. The van der Waals surface area contributed by atoms with E-state index >= 15 is 0 Å². The van der Waals surface area contributed by atoms with Crippen LogP contribution in [0.3, 0.4) is 0 Å². The van der Waals surface area contributed by atoms with E-state index in [1.807, 2.05) is 4.90 Å². The van der Waals surface area contributed by atoms with Gasteiger partial charge in [-0.2, -0.15) is 13.2 Å². The minimum Gasteiger partial charge on any atom is -0.397 e. The van der Waals surface area contributed by atoms with Crippen molar-refractivity contribution >= 4 is 11.4 Å². The zero-order valence-electron chi connectivity index (χ0n) is 11.2. The summed E-state index contributed by atoms with van der Waals surface area (Å²) in [4.78, 5) is 1.93.